The zero-order valence-corrected chi connectivity index (χ0v) is 9.17. The first-order valence-corrected chi connectivity index (χ1v) is 5.09. The van der Waals surface area contributed by atoms with Crippen molar-refractivity contribution in [3.8, 4) is 0 Å². The number of rotatable bonds is 4. The molecule has 0 fully saturated rings. The summed E-state index contributed by atoms with van der Waals surface area (Å²) < 4.78 is 4.89. The van der Waals surface area contributed by atoms with E-state index >= 15 is 0 Å². The molecule has 0 radical (unpaired) electrons. The van der Waals surface area contributed by atoms with Crippen LogP contribution in [0.3, 0.4) is 0 Å². The molecule has 0 heterocycles. The highest BCUT2D eigenvalue weighted by Crippen LogP contribution is 2.18. The predicted molar refractivity (Wildman–Crippen MR) is 59.8 cm³/mol. The third-order valence-electron chi connectivity index (χ3n) is 1.91. The first-order chi connectivity index (χ1) is 7.22. The summed E-state index contributed by atoms with van der Waals surface area (Å²) in [4.78, 5) is 11.5. The Morgan fingerprint density at radius 1 is 1.60 bits per heavy atom. The van der Waals surface area contributed by atoms with Gasteiger partial charge in [-0.3, -0.25) is 5.84 Å². The first kappa shape index (κ1) is 11.8. The van der Waals surface area contributed by atoms with E-state index in [1.165, 1.54) is 0 Å². The summed E-state index contributed by atoms with van der Waals surface area (Å²) in [5, 5.41) is 0. The Hall–Kier alpha value is -1.26. The van der Waals surface area contributed by atoms with Gasteiger partial charge in [0, 0.05) is 11.6 Å². The van der Waals surface area contributed by atoms with Crippen LogP contribution in [0.15, 0.2) is 18.2 Å². The second kappa shape index (κ2) is 5.58. The Morgan fingerprint density at radius 2 is 2.33 bits per heavy atom. The fraction of sp³-hybridized carbons (Fsp3) is 0.300. The molecule has 1 aromatic rings. The van der Waals surface area contributed by atoms with Gasteiger partial charge in [-0.05, 0) is 30.7 Å². The van der Waals surface area contributed by atoms with Crippen LogP contribution >= 0.6 is 11.6 Å². The molecule has 1 aromatic carbocycles. The summed E-state index contributed by atoms with van der Waals surface area (Å²) in [6, 6.07) is 5.06. The lowest BCUT2D eigenvalue weighted by Gasteiger charge is -2.08. The third-order valence-corrected chi connectivity index (χ3v) is 2.20. The van der Waals surface area contributed by atoms with Crippen molar-refractivity contribution in [2.75, 3.05) is 12.0 Å². The minimum absolute atomic E-state index is 0.240. The van der Waals surface area contributed by atoms with Crippen LogP contribution in [0, 0.1) is 0 Å². The fourth-order valence-corrected chi connectivity index (χ4v) is 1.42. The Kier molecular flexibility index (Phi) is 4.39. The number of anilines is 1. The molecular weight excluding hydrogens is 216 g/mol. The van der Waals surface area contributed by atoms with Crippen LogP contribution in [0.5, 0.6) is 0 Å². The van der Waals surface area contributed by atoms with Gasteiger partial charge in [0.2, 0.25) is 0 Å². The van der Waals surface area contributed by atoms with Crippen molar-refractivity contribution in [3.05, 3.63) is 29.3 Å². The van der Waals surface area contributed by atoms with Crippen LogP contribution in [0.2, 0.25) is 0 Å². The monoisotopic (exact) mass is 228 g/mol. The minimum Gasteiger partial charge on any atom is -0.462 e. The van der Waals surface area contributed by atoms with Gasteiger partial charge in [0.15, 0.2) is 0 Å². The average Bonchev–Trinajstić information content (AvgIpc) is 2.28. The molecule has 15 heavy (non-hydrogen) atoms. The van der Waals surface area contributed by atoms with Crippen molar-refractivity contribution in [2.24, 2.45) is 5.84 Å². The van der Waals surface area contributed by atoms with E-state index in [1.54, 1.807) is 25.1 Å². The van der Waals surface area contributed by atoms with Crippen LogP contribution in [-0.4, -0.2) is 12.6 Å². The van der Waals surface area contributed by atoms with Gasteiger partial charge in [0.1, 0.15) is 0 Å². The van der Waals surface area contributed by atoms with E-state index in [0.717, 1.165) is 0 Å². The van der Waals surface area contributed by atoms with E-state index < -0.39 is 0 Å². The number of nitrogens with one attached hydrogen (secondary N) is 1. The molecule has 0 spiro atoms. The Labute approximate surface area is 93.3 Å². The number of hydrogen-bond donors (Lipinski definition) is 2. The number of halogens is 1. The van der Waals surface area contributed by atoms with Crippen molar-refractivity contribution < 1.29 is 9.53 Å². The number of alkyl halides is 1. The van der Waals surface area contributed by atoms with Gasteiger partial charge in [-0.15, -0.1) is 11.6 Å². The maximum Gasteiger partial charge on any atom is 0.338 e. The van der Waals surface area contributed by atoms with Crippen LogP contribution < -0.4 is 11.3 Å². The van der Waals surface area contributed by atoms with E-state index in [-0.39, 0.29) is 11.8 Å². The number of hydrogen-bond acceptors (Lipinski definition) is 4. The van der Waals surface area contributed by atoms with E-state index in [1.807, 2.05) is 0 Å². The highest BCUT2D eigenvalue weighted by atomic mass is 35.5. The van der Waals surface area contributed by atoms with Crippen LogP contribution in [0.4, 0.5) is 5.69 Å². The van der Waals surface area contributed by atoms with Gasteiger partial charge in [-0.1, -0.05) is 0 Å². The molecule has 0 aliphatic heterocycles. The number of nitrogens with two attached hydrogens (primary N) is 1. The number of carbonyl (C=O) groups excluding carboxylic acids is 1. The van der Waals surface area contributed by atoms with Gasteiger partial charge in [-0.25, -0.2) is 4.79 Å². The van der Waals surface area contributed by atoms with Crippen LogP contribution in [0.1, 0.15) is 22.8 Å². The predicted octanol–water partition coefficient (Wildman–Crippen LogP) is 1.89. The minimum atomic E-state index is -0.364. The molecule has 0 saturated carbocycles. The number of ether oxygens (including phenoxy) is 1. The number of hydrazine groups is 1. The molecule has 4 nitrogen and oxygen atoms in total. The lowest BCUT2D eigenvalue weighted by Crippen LogP contribution is -2.10. The van der Waals surface area contributed by atoms with E-state index in [2.05, 4.69) is 5.43 Å². The zero-order valence-electron chi connectivity index (χ0n) is 8.42. The molecule has 0 atom stereocenters. The normalized spacial score (nSPS) is 9.80. The van der Waals surface area contributed by atoms with E-state index in [4.69, 9.17) is 22.2 Å². The van der Waals surface area contributed by atoms with Crippen molar-refractivity contribution >= 4 is 23.3 Å². The van der Waals surface area contributed by atoms with Gasteiger partial charge in [-0.2, -0.15) is 0 Å². The molecule has 82 valence electrons. The van der Waals surface area contributed by atoms with Gasteiger partial charge >= 0.3 is 5.97 Å². The van der Waals surface area contributed by atoms with Crippen molar-refractivity contribution in [2.45, 2.75) is 12.8 Å². The largest absolute Gasteiger partial charge is 0.462 e. The molecule has 0 aromatic heterocycles. The molecule has 1 rings (SSSR count). The van der Waals surface area contributed by atoms with E-state index in [9.17, 15) is 4.79 Å². The molecule has 0 bridgehead atoms. The van der Waals surface area contributed by atoms with Crippen LogP contribution in [-0.2, 0) is 10.6 Å². The zero-order chi connectivity index (χ0) is 11.3. The SMILES string of the molecule is CCOC(=O)c1ccc(NN)cc1CCl. The number of benzene rings is 1. The summed E-state index contributed by atoms with van der Waals surface area (Å²) in [7, 11) is 0. The third kappa shape index (κ3) is 2.84. The van der Waals surface area contributed by atoms with Gasteiger partial charge in [0.05, 0.1) is 12.2 Å². The smallest absolute Gasteiger partial charge is 0.338 e. The first-order valence-electron chi connectivity index (χ1n) is 4.55. The quantitative estimate of drug-likeness (QED) is 0.358. The second-order valence-corrected chi connectivity index (χ2v) is 3.14. The summed E-state index contributed by atoms with van der Waals surface area (Å²) in [6.07, 6.45) is 0. The lowest BCUT2D eigenvalue weighted by atomic mass is 10.1. The average molecular weight is 229 g/mol. The Morgan fingerprint density at radius 3 is 2.87 bits per heavy atom. The molecule has 5 heteroatoms. The van der Waals surface area contributed by atoms with E-state index in [0.29, 0.717) is 23.4 Å². The molecule has 0 saturated heterocycles. The standard InChI is InChI=1S/C10H13ClN2O2/c1-2-15-10(14)9-4-3-8(13-12)5-7(9)6-11/h3-5,13H,2,6,12H2,1H3. The molecular formula is C10H13ClN2O2. The number of nitrogen functional groups attached to an aromatic ring is 1. The summed E-state index contributed by atoms with van der Waals surface area (Å²) in [6.45, 7) is 2.10. The molecule has 0 amide bonds. The molecule has 0 aliphatic rings. The molecule has 0 aliphatic carbocycles. The highest BCUT2D eigenvalue weighted by molar-refractivity contribution is 6.17. The Balaban J connectivity index is 3.02. The highest BCUT2D eigenvalue weighted by Gasteiger charge is 2.11. The summed E-state index contributed by atoms with van der Waals surface area (Å²) >= 11 is 5.73. The number of carbonyl (C=O) groups is 1. The van der Waals surface area contributed by atoms with Gasteiger partial charge in [0.25, 0.3) is 0 Å². The Bertz CT molecular complexity index is 355. The maximum atomic E-state index is 11.5. The second-order valence-electron chi connectivity index (χ2n) is 2.87. The van der Waals surface area contributed by atoms with Crippen molar-refractivity contribution in [3.63, 3.8) is 0 Å². The fourth-order valence-electron chi connectivity index (χ4n) is 1.20. The lowest BCUT2D eigenvalue weighted by molar-refractivity contribution is 0.0525. The van der Waals surface area contributed by atoms with Crippen LogP contribution in [0.25, 0.3) is 0 Å². The number of esters is 1. The summed E-state index contributed by atoms with van der Waals surface area (Å²) in [5.41, 5.74) is 4.37. The maximum absolute atomic E-state index is 11.5. The van der Waals surface area contributed by atoms with Gasteiger partial charge < -0.3 is 10.2 Å². The summed E-state index contributed by atoms with van der Waals surface area (Å²) in [5.74, 6) is 5.12. The van der Waals surface area contributed by atoms with Crippen molar-refractivity contribution in [1.82, 2.24) is 0 Å². The molecule has 0 unspecified atom stereocenters. The molecule has 3 N–H and O–H groups in total. The van der Waals surface area contributed by atoms with Crippen molar-refractivity contribution in [1.29, 1.82) is 0 Å². The topological polar surface area (TPSA) is 64.3 Å².